The maximum Gasteiger partial charge on any atom is 0.123 e. The molecule has 0 N–H and O–H groups in total. The van der Waals surface area contributed by atoms with Gasteiger partial charge in [0.15, 0.2) is 0 Å². The Hall–Kier alpha value is -1.63. The summed E-state index contributed by atoms with van der Waals surface area (Å²) in [4.78, 5) is 0. The van der Waals surface area contributed by atoms with E-state index in [2.05, 4.69) is 38.1 Å². The highest BCUT2D eigenvalue weighted by Crippen LogP contribution is 2.24. The summed E-state index contributed by atoms with van der Waals surface area (Å²) in [6.45, 7) is 4.23. The fourth-order valence-electron chi connectivity index (χ4n) is 1.88. The van der Waals surface area contributed by atoms with Crippen molar-refractivity contribution in [2.24, 2.45) is 0 Å². The first-order chi connectivity index (χ1) is 7.66. The van der Waals surface area contributed by atoms with Gasteiger partial charge >= 0.3 is 0 Å². The van der Waals surface area contributed by atoms with E-state index < -0.39 is 0 Å². The average Bonchev–Trinajstić information content (AvgIpc) is 2.29. The van der Waals surface area contributed by atoms with E-state index in [1.54, 1.807) is 0 Å². The van der Waals surface area contributed by atoms with Crippen LogP contribution in [-0.2, 0) is 0 Å². The third kappa shape index (κ3) is 2.30. The molecule has 0 aromatic heterocycles. The first-order valence-electron chi connectivity index (χ1n) is 5.49. The summed E-state index contributed by atoms with van der Waals surface area (Å²) in [7, 11) is 0. The van der Waals surface area contributed by atoms with Crippen LogP contribution < -0.4 is 0 Å². The summed E-state index contributed by atoms with van der Waals surface area (Å²) in [5.41, 5.74) is 3.67. The minimum Gasteiger partial charge on any atom is -0.207 e. The maximum absolute atomic E-state index is 12.8. The van der Waals surface area contributed by atoms with Gasteiger partial charge in [-0.15, -0.1) is 0 Å². The number of hydrogen-bond acceptors (Lipinski definition) is 0. The predicted molar refractivity (Wildman–Crippen MR) is 65.1 cm³/mol. The van der Waals surface area contributed by atoms with Crippen LogP contribution in [0.15, 0.2) is 48.5 Å². The second-order valence-electron chi connectivity index (χ2n) is 4.19. The molecule has 1 atom stereocenters. The van der Waals surface area contributed by atoms with Gasteiger partial charge in [-0.2, -0.15) is 0 Å². The molecule has 0 nitrogen and oxygen atoms in total. The van der Waals surface area contributed by atoms with Crippen molar-refractivity contribution in [1.82, 2.24) is 0 Å². The number of halogens is 1. The summed E-state index contributed by atoms with van der Waals surface area (Å²) < 4.78 is 12.8. The Labute approximate surface area is 95.7 Å². The first-order valence-corrected chi connectivity index (χ1v) is 5.49. The van der Waals surface area contributed by atoms with Crippen LogP contribution in [-0.4, -0.2) is 0 Å². The lowest BCUT2D eigenvalue weighted by atomic mass is 9.92. The fourth-order valence-corrected chi connectivity index (χ4v) is 1.88. The molecule has 2 aromatic rings. The highest BCUT2D eigenvalue weighted by Gasteiger charge is 2.07. The van der Waals surface area contributed by atoms with Gasteiger partial charge in [-0.1, -0.05) is 48.9 Å². The first kappa shape index (κ1) is 10.9. The van der Waals surface area contributed by atoms with Gasteiger partial charge in [0.05, 0.1) is 0 Å². The summed E-state index contributed by atoms with van der Waals surface area (Å²) in [5.74, 6) is 0.126. The van der Waals surface area contributed by atoms with Gasteiger partial charge in [0.1, 0.15) is 5.82 Å². The lowest BCUT2D eigenvalue weighted by Crippen LogP contribution is -1.96. The van der Waals surface area contributed by atoms with Crippen LogP contribution in [0.4, 0.5) is 4.39 Å². The predicted octanol–water partition coefficient (Wildman–Crippen LogP) is 4.29. The van der Waals surface area contributed by atoms with Gasteiger partial charge in [0.2, 0.25) is 0 Å². The van der Waals surface area contributed by atoms with Crippen molar-refractivity contribution in [1.29, 1.82) is 0 Å². The van der Waals surface area contributed by atoms with Crippen molar-refractivity contribution in [3.05, 3.63) is 71.0 Å². The average molecular weight is 214 g/mol. The molecular formula is C15H15F. The van der Waals surface area contributed by atoms with Crippen LogP contribution in [0.25, 0.3) is 0 Å². The molecule has 0 saturated heterocycles. The highest BCUT2D eigenvalue weighted by atomic mass is 19.1. The molecule has 0 bridgehead atoms. The van der Waals surface area contributed by atoms with Crippen LogP contribution in [0, 0.1) is 12.7 Å². The van der Waals surface area contributed by atoms with Crippen molar-refractivity contribution >= 4 is 0 Å². The van der Waals surface area contributed by atoms with Crippen LogP contribution in [0.2, 0.25) is 0 Å². The summed E-state index contributed by atoms with van der Waals surface area (Å²) in [5, 5.41) is 0. The van der Waals surface area contributed by atoms with Crippen molar-refractivity contribution < 1.29 is 4.39 Å². The Morgan fingerprint density at radius 2 is 1.62 bits per heavy atom. The minimum atomic E-state index is -0.180. The summed E-state index contributed by atoms with van der Waals surface area (Å²) in [6.07, 6.45) is 0. The molecule has 0 aliphatic rings. The molecule has 0 fully saturated rings. The molecular weight excluding hydrogens is 199 g/mol. The van der Waals surface area contributed by atoms with Crippen molar-refractivity contribution in [3.63, 3.8) is 0 Å². The number of aryl methyl sites for hydroxylation is 1. The zero-order valence-corrected chi connectivity index (χ0v) is 9.57. The van der Waals surface area contributed by atoms with Crippen LogP contribution >= 0.6 is 0 Å². The van der Waals surface area contributed by atoms with Gasteiger partial charge in [-0.25, -0.2) is 4.39 Å². The molecule has 82 valence electrons. The Balaban J connectivity index is 2.31. The van der Waals surface area contributed by atoms with E-state index >= 15 is 0 Å². The normalized spacial score (nSPS) is 12.4. The Morgan fingerprint density at radius 3 is 2.25 bits per heavy atom. The molecule has 1 unspecified atom stereocenters. The van der Waals surface area contributed by atoms with Crippen LogP contribution in [0.1, 0.15) is 29.5 Å². The summed E-state index contributed by atoms with van der Waals surface area (Å²) >= 11 is 0. The lowest BCUT2D eigenvalue weighted by Gasteiger charge is -2.12. The Morgan fingerprint density at radius 1 is 0.938 bits per heavy atom. The van der Waals surface area contributed by atoms with E-state index in [0.717, 1.165) is 5.56 Å². The van der Waals surface area contributed by atoms with Crippen molar-refractivity contribution in [3.8, 4) is 0 Å². The minimum absolute atomic E-state index is 0.180. The quantitative estimate of drug-likeness (QED) is 0.699. The third-order valence-corrected chi connectivity index (χ3v) is 2.91. The lowest BCUT2D eigenvalue weighted by molar-refractivity contribution is 0.626. The molecule has 16 heavy (non-hydrogen) atoms. The smallest absolute Gasteiger partial charge is 0.123 e. The monoisotopic (exact) mass is 214 g/mol. The molecule has 0 amide bonds. The summed E-state index contributed by atoms with van der Waals surface area (Å²) in [6, 6.07) is 15.2. The topological polar surface area (TPSA) is 0 Å². The molecule has 0 aliphatic carbocycles. The molecule has 0 heterocycles. The van der Waals surface area contributed by atoms with E-state index in [-0.39, 0.29) is 5.82 Å². The van der Waals surface area contributed by atoms with Crippen LogP contribution in [0.3, 0.4) is 0 Å². The van der Waals surface area contributed by atoms with Gasteiger partial charge in [-0.3, -0.25) is 0 Å². The second kappa shape index (κ2) is 4.48. The van der Waals surface area contributed by atoms with Crippen molar-refractivity contribution in [2.45, 2.75) is 19.8 Å². The SMILES string of the molecule is Cc1cccc(C(C)c2ccc(F)cc2)c1. The standard InChI is InChI=1S/C15H15F/c1-11-4-3-5-14(10-11)12(2)13-6-8-15(16)9-7-13/h3-10,12H,1-2H3. The Bertz CT molecular complexity index is 471. The number of rotatable bonds is 2. The van der Waals surface area contributed by atoms with E-state index in [4.69, 9.17) is 0 Å². The third-order valence-electron chi connectivity index (χ3n) is 2.91. The zero-order valence-electron chi connectivity index (χ0n) is 9.57. The maximum atomic E-state index is 12.8. The van der Waals surface area contributed by atoms with E-state index in [0.29, 0.717) is 5.92 Å². The molecule has 0 spiro atoms. The van der Waals surface area contributed by atoms with E-state index in [1.165, 1.54) is 23.3 Å². The van der Waals surface area contributed by atoms with E-state index in [9.17, 15) is 4.39 Å². The van der Waals surface area contributed by atoms with Gasteiger partial charge < -0.3 is 0 Å². The number of hydrogen-bond donors (Lipinski definition) is 0. The molecule has 1 heteroatoms. The van der Waals surface area contributed by atoms with Gasteiger partial charge in [-0.05, 0) is 30.2 Å². The molecule has 0 radical (unpaired) electrons. The van der Waals surface area contributed by atoms with E-state index in [1.807, 2.05) is 12.1 Å². The van der Waals surface area contributed by atoms with Crippen LogP contribution in [0.5, 0.6) is 0 Å². The van der Waals surface area contributed by atoms with Gasteiger partial charge in [0.25, 0.3) is 0 Å². The molecule has 2 aromatic carbocycles. The molecule has 0 saturated carbocycles. The molecule has 2 rings (SSSR count). The van der Waals surface area contributed by atoms with Gasteiger partial charge in [0, 0.05) is 5.92 Å². The highest BCUT2D eigenvalue weighted by molar-refractivity contribution is 5.33. The largest absolute Gasteiger partial charge is 0.207 e. The second-order valence-corrected chi connectivity index (χ2v) is 4.19. The van der Waals surface area contributed by atoms with Crippen molar-refractivity contribution in [2.75, 3.05) is 0 Å². The fraction of sp³-hybridized carbons (Fsp3) is 0.200. The number of benzene rings is 2. The molecule has 0 aliphatic heterocycles. The zero-order chi connectivity index (χ0) is 11.5. The Kier molecular flexibility index (Phi) is 3.04.